The molecule has 2 aromatic rings. The van der Waals surface area contributed by atoms with E-state index in [1.165, 1.54) is 5.69 Å². The van der Waals surface area contributed by atoms with Crippen molar-refractivity contribution >= 4 is 0 Å². The van der Waals surface area contributed by atoms with Gasteiger partial charge >= 0.3 is 0 Å². The fraction of sp³-hybridized carbons (Fsp3) is 0.643. The molecule has 0 fully saturated rings. The molecule has 0 saturated carbocycles. The summed E-state index contributed by atoms with van der Waals surface area (Å²) in [6, 6.07) is 2.83. The van der Waals surface area contributed by atoms with Gasteiger partial charge in [-0.3, -0.25) is 4.68 Å². The molecule has 1 aliphatic heterocycles. The van der Waals surface area contributed by atoms with Crippen molar-refractivity contribution in [1.29, 1.82) is 0 Å². The molecule has 2 atom stereocenters. The molecule has 0 aromatic carbocycles. The minimum atomic E-state index is 0.256. The summed E-state index contributed by atoms with van der Waals surface area (Å²) in [4.78, 5) is 4.45. The molecule has 0 saturated heterocycles. The van der Waals surface area contributed by atoms with E-state index in [-0.39, 0.29) is 6.04 Å². The minimum Gasteiger partial charge on any atom is -0.304 e. The van der Waals surface area contributed by atoms with Crippen molar-refractivity contribution in [1.82, 2.24) is 29.9 Å². The van der Waals surface area contributed by atoms with E-state index in [1.807, 2.05) is 23.3 Å². The number of hydrogen-bond acceptors (Lipinski definition) is 4. The van der Waals surface area contributed by atoms with E-state index in [0.29, 0.717) is 6.04 Å². The van der Waals surface area contributed by atoms with Gasteiger partial charge in [-0.15, -0.1) is 0 Å². The fourth-order valence-electron chi connectivity index (χ4n) is 2.81. The molecule has 3 heterocycles. The molecule has 1 N–H and O–H groups in total. The number of rotatable bonds is 3. The van der Waals surface area contributed by atoms with Crippen molar-refractivity contribution in [3.8, 4) is 0 Å². The number of nitrogens with zero attached hydrogens (tertiary/aromatic N) is 5. The van der Waals surface area contributed by atoms with Gasteiger partial charge in [0.05, 0.1) is 12.2 Å². The monoisotopic (exact) mass is 274 g/mol. The normalized spacial score (nSPS) is 19.9. The zero-order valence-corrected chi connectivity index (χ0v) is 12.6. The third-order valence-corrected chi connectivity index (χ3v) is 4.03. The maximum absolute atomic E-state index is 4.54. The van der Waals surface area contributed by atoms with Gasteiger partial charge < -0.3 is 5.32 Å². The van der Waals surface area contributed by atoms with Crippen LogP contribution in [0.15, 0.2) is 6.07 Å². The average molecular weight is 274 g/mol. The van der Waals surface area contributed by atoms with Crippen LogP contribution in [0.3, 0.4) is 0 Å². The number of aryl methyl sites for hydroxylation is 4. The van der Waals surface area contributed by atoms with Crippen LogP contribution in [0.1, 0.15) is 42.4 Å². The molecule has 2 unspecified atom stereocenters. The van der Waals surface area contributed by atoms with Gasteiger partial charge in [0.1, 0.15) is 11.6 Å². The van der Waals surface area contributed by atoms with Gasteiger partial charge in [0.2, 0.25) is 0 Å². The molecule has 6 heteroatoms. The first-order valence-corrected chi connectivity index (χ1v) is 7.20. The summed E-state index contributed by atoms with van der Waals surface area (Å²) in [5.41, 5.74) is 2.29. The van der Waals surface area contributed by atoms with Crippen LogP contribution in [0.2, 0.25) is 0 Å². The highest BCUT2D eigenvalue weighted by molar-refractivity contribution is 5.12. The van der Waals surface area contributed by atoms with Crippen molar-refractivity contribution in [2.45, 2.75) is 52.2 Å². The summed E-state index contributed by atoms with van der Waals surface area (Å²) in [5.74, 6) is 1.98. The van der Waals surface area contributed by atoms with Crippen molar-refractivity contribution < 1.29 is 0 Å². The van der Waals surface area contributed by atoms with E-state index in [1.54, 1.807) is 0 Å². The zero-order chi connectivity index (χ0) is 14.3. The first-order chi connectivity index (χ1) is 9.52. The topological polar surface area (TPSA) is 60.6 Å². The van der Waals surface area contributed by atoms with Gasteiger partial charge in [-0.1, -0.05) is 0 Å². The number of fused-ring (bicyclic) bond motifs is 1. The first kappa shape index (κ1) is 13.3. The van der Waals surface area contributed by atoms with Crippen LogP contribution in [0.5, 0.6) is 0 Å². The van der Waals surface area contributed by atoms with Gasteiger partial charge in [0.15, 0.2) is 0 Å². The van der Waals surface area contributed by atoms with Crippen LogP contribution < -0.4 is 5.32 Å². The molecule has 0 amide bonds. The Morgan fingerprint density at radius 2 is 2.15 bits per heavy atom. The van der Waals surface area contributed by atoms with Crippen LogP contribution in [0, 0.1) is 13.8 Å². The number of aromatic nitrogens is 5. The van der Waals surface area contributed by atoms with Crippen LogP contribution >= 0.6 is 0 Å². The molecule has 0 spiro atoms. The van der Waals surface area contributed by atoms with Crippen molar-refractivity contribution in [2.24, 2.45) is 7.05 Å². The van der Waals surface area contributed by atoms with Gasteiger partial charge in [-0.25, -0.2) is 9.67 Å². The lowest BCUT2D eigenvalue weighted by Crippen LogP contribution is -2.39. The smallest absolute Gasteiger partial charge is 0.147 e. The molecule has 0 aliphatic carbocycles. The van der Waals surface area contributed by atoms with Crippen molar-refractivity contribution in [3.63, 3.8) is 0 Å². The zero-order valence-electron chi connectivity index (χ0n) is 12.6. The van der Waals surface area contributed by atoms with Gasteiger partial charge in [0.25, 0.3) is 0 Å². The highest BCUT2D eigenvalue weighted by Gasteiger charge is 2.23. The van der Waals surface area contributed by atoms with Crippen LogP contribution in [0.4, 0.5) is 0 Å². The lowest BCUT2D eigenvalue weighted by molar-refractivity contribution is 0.332. The second-order valence-electron chi connectivity index (χ2n) is 5.72. The molecule has 0 radical (unpaired) electrons. The standard InChI is InChI=1S/C14H22N6/c1-9-7-13(18-19(9)4)10(2)15-12-5-6-14-16-11(3)17-20(14)8-12/h7,10,12,15H,5-6,8H2,1-4H3. The Morgan fingerprint density at radius 3 is 2.85 bits per heavy atom. The largest absolute Gasteiger partial charge is 0.304 e. The predicted octanol–water partition coefficient (Wildman–Crippen LogP) is 1.29. The summed E-state index contributed by atoms with van der Waals surface area (Å²) in [6.45, 7) is 7.09. The third kappa shape index (κ3) is 2.47. The molecule has 108 valence electrons. The first-order valence-electron chi connectivity index (χ1n) is 7.20. The molecular weight excluding hydrogens is 252 g/mol. The molecule has 2 aromatic heterocycles. The van der Waals surface area contributed by atoms with E-state index in [2.05, 4.69) is 40.4 Å². The quantitative estimate of drug-likeness (QED) is 0.916. The summed E-state index contributed by atoms with van der Waals surface area (Å²) < 4.78 is 3.96. The maximum atomic E-state index is 4.54. The number of hydrogen-bond donors (Lipinski definition) is 1. The third-order valence-electron chi connectivity index (χ3n) is 4.03. The SMILES string of the molecule is Cc1nc2n(n1)CC(NC(C)c1cc(C)n(C)n1)CC2. The van der Waals surface area contributed by atoms with Gasteiger partial charge in [-0.05, 0) is 33.3 Å². The van der Waals surface area contributed by atoms with Crippen molar-refractivity contribution in [3.05, 3.63) is 29.1 Å². The summed E-state index contributed by atoms with van der Waals surface area (Å²) in [5, 5.41) is 12.7. The van der Waals surface area contributed by atoms with E-state index < -0.39 is 0 Å². The Balaban J connectivity index is 1.67. The van der Waals surface area contributed by atoms with E-state index in [0.717, 1.165) is 36.7 Å². The lowest BCUT2D eigenvalue weighted by Gasteiger charge is -2.26. The second kappa shape index (κ2) is 5.01. The minimum absolute atomic E-state index is 0.256. The number of nitrogens with one attached hydrogen (secondary N) is 1. The summed E-state index contributed by atoms with van der Waals surface area (Å²) in [6.07, 6.45) is 2.10. The highest BCUT2D eigenvalue weighted by atomic mass is 15.4. The second-order valence-corrected chi connectivity index (χ2v) is 5.72. The van der Waals surface area contributed by atoms with E-state index in [9.17, 15) is 0 Å². The molecule has 6 nitrogen and oxygen atoms in total. The van der Waals surface area contributed by atoms with Crippen LogP contribution in [-0.2, 0) is 20.0 Å². The highest BCUT2D eigenvalue weighted by Crippen LogP contribution is 2.18. The van der Waals surface area contributed by atoms with E-state index in [4.69, 9.17) is 0 Å². The van der Waals surface area contributed by atoms with Crippen molar-refractivity contribution in [2.75, 3.05) is 0 Å². The summed E-state index contributed by atoms with van der Waals surface area (Å²) in [7, 11) is 1.98. The van der Waals surface area contributed by atoms with Gasteiger partial charge in [0, 0.05) is 31.2 Å². The van der Waals surface area contributed by atoms with Crippen LogP contribution in [0.25, 0.3) is 0 Å². The maximum Gasteiger partial charge on any atom is 0.147 e. The Labute approximate surface area is 119 Å². The molecule has 1 aliphatic rings. The predicted molar refractivity (Wildman–Crippen MR) is 76.4 cm³/mol. The Kier molecular flexibility index (Phi) is 3.33. The van der Waals surface area contributed by atoms with E-state index >= 15 is 0 Å². The molecule has 0 bridgehead atoms. The molecule has 3 rings (SSSR count). The Morgan fingerprint density at radius 1 is 1.35 bits per heavy atom. The van der Waals surface area contributed by atoms with Gasteiger partial charge in [-0.2, -0.15) is 10.2 Å². The Hall–Kier alpha value is -1.69. The average Bonchev–Trinajstić information content (AvgIpc) is 2.91. The Bertz CT molecular complexity index is 592. The molecule has 20 heavy (non-hydrogen) atoms. The molecular formula is C14H22N6. The fourth-order valence-corrected chi connectivity index (χ4v) is 2.81. The summed E-state index contributed by atoms with van der Waals surface area (Å²) >= 11 is 0. The van der Waals surface area contributed by atoms with Crippen LogP contribution in [-0.4, -0.2) is 30.6 Å². The lowest BCUT2D eigenvalue weighted by atomic mass is 10.1.